The largest absolute Gasteiger partial charge is 0.327 e. The lowest BCUT2D eigenvalue weighted by atomic mass is 10.1. The number of aryl methyl sites for hydroxylation is 2. The Bertz CT molecular complexity index is 571. The highest BCUT2D eigenvalue weighted by Gasteiger charge is 2.16. The number of rotatable bonds is 8. The molecule has 0 aliphatic rings. The van der Waals surface area contributed by atoms with Crippen molar-refractivity contribution >= 4 is 11.0 Å². The minimum Gasteiger partial charge on any atom is -0.327 e. The molecule has 1 unspecified atom stereocenters. The maximum absolute atomic E-state index is 6.36. The van der Waals surface area contributed by atoms with Gasteiger partial charge in [-0.05, 0) is 37.5 Å². The molecule has 1 aromatic carbocycles. The van der Waals surface area contributed by atoms with E-state index in [0.717, 1.165) is 30.7 Å². The Morgan fingerprint density at radius 2 is 1.95 bits per heavy atom. The SMILES string of the molecule is CCCCCCn1c(C(N)CCC)nc2cc(C)ccc21. The molecular formula is C18H29N3. The number of benzene rings is 1. The maximum atomic E-state index is 6.36. The van der Waals surface area contributed by atoms with Crippen molar-refractivity contribution in [3.8, 4) is 0 Å². The lowest BCUT2D eigenvalue weighted by Gasteiger charge is -2.14. The first kappa shape index (κ1) is 16.0. The van der Waals surface area contributed by atoms with E-state index < -0.39 is 0 Å². The molecule has 2 N–H and O–H groups in total. The van der Waals surface area contributed by atoms with E-state index in [9.17, 15) is 0 Å². The number of imidazole rings is 1. The van der Waals surface area contributed by atoms with Crippen molar-refractivity contribution in [1.82, 2.24) is 9.55 Å². The summed E-state index contributed by atoms with van der Waals surface area (Å²) in [6.07, 6.45) is 7.16. The van der Waals surface area contributed by atoms with E-state index in [0.29, 0.717) is 0 Å². The molecule has 0 saturated heterocycles. The number of nitrogens with two attached hydrogens (primary N) is 1. The summed E-state index contributed by atoms with van der Waals surface area (Å²) >= 11 is 0. The molecule has 3 heteroatoms. The van der Waals surface area contributed by atoms with E-state index in [1.807, 2.05) is 0 Å². The second kappa shape index (κ2) is 7.60. The van der Waals surface area contributed by atoms with Crippen LogP contribution >= 0.6 is 0 Å². The first-order valence-corrected chi connectivity index (χ1v) is 8.39. The molecule has 0 spiro atoms. The third-order valence-electron chi connectivity index (χ3n) is 4.10. The quantitative estimate of drug-likeness (QED) is 0.714. The van der Waals surface area contributed by atoms with Crippen LogP contribution in [0.4, 0.5) is 0 Å². The fourth-order valence-electron chi connectivity index (χ4n) is 2.91. The zero-order chi connectivity index (χ0) is 15.2. The van der Waals surface area contributed by atoms with Crippen LogP contribution in [0.25, 0.3) is 11.0 Å². The lowest BCUT2D eigenvalue weighted by molar-refractivity contribution is 0.527. The number of hydrogen-bond donors (Lipinski definition) is 1. The molecule has 2 aromatic rings. The Labute approximate surface area is 128 Å². The Hall–Kier alpha value is -1.35. The molecule has 0 amide bonds. The summed E-state index contributed by atoms with van der Waals surface area (Å²) in [6.45, 7) is 7.58. The van der Waals surface area contributed by atoms with Gasteiger partial charge in [-0.15, -0.1) is 0 Å². The van der Waals surface area contributed by atoms with Gasteiger partial charge in [0.1, 0.15) is 5.82 Å². The van der Waals surface area contributed by atoms with E-state index in [4.69, 9.17) is 10.7 Å². The van der Waals surface area contributed by atoms with Crippen molar-refractivity contribution < 1.29 is 0 Å². The minimum absolute atomic E-state index is 0.0499. The Kier molecular flexibility index (Phi) is 5.80. The van der Waals surface area contributed by atoms with Crippen LogP contribution in [0.1, 0.15) is 69.8 Å². The molecule has 3 nitrogen and oxygen atoms in total. The van der Waals surface area contributed by atoms with Gasteiger partial charge in [0.2, 0.25) is 0 Å². The molecule has 0 radical (unpaired) electrons. The summed E-state index contributed by atoms with van der Waals surface area (Å²) in [5.41, 5.74) is 9.94. The molecule has 0 bridgehead atoms. The molecule has 1 aromatic heterocycles. The van der Waals surface area contributed by atoms with Gasteiger partial charge in [0, 0.05) is 6.54 Å². The van der Waals surface area contributed by atoms with Gasteiger partial charge in [-0.2, -0.15) is 0 Å². The van der Waals surface area contributed by atoms with Crippen LogP contribution in [0.15, 0.2) is 18.2 Å². The van der Waals surface area contributed by atoms with Crippen molar-refractivity contribution in [2.24, 2.45) is 5.73 Å². The number of aromatic nitrogens is 2. The molecule has 2 rings (SSSR count). The highest BCUT2D eigenvalue weighted by molar-refractivity contribution is 5.77. The van der Waals surface area contributed by atoms with E-state index >= 15 is 0 Å². The maximum Gasteiger partial charge on any atom is 0.126 e. The molecule has 0 saturated carbocycles. The third-order valence-corrected chi connectivity index (χ3v) is 4.10. The smallest absolute Gasteiger partial charge is 0.126 e. The van der Waals surface area contributed by atoms with Crippen molar-refractivity contribution in [3.63, 3.8) is 0 Å². The zero-order valence-electron chi connectivity index (χ0n) is 13.7. The van der Waals surface area contributed by atoms with E-state index in [1.54, 1.807) is 0 Å². The molecule has 1 heterocycles. The van der Waals surface area contributed by atoms with Gasteiger partial charge in [0.25, 0.3) is 0 Å². The van der Waals surface area contributed by atoms with Gasteiger partial charge in [0.05, 0.1) is 17.1 Å². The highest BCUT2D eigenvalue weighted by atomic mass is 15.1. The summed E-state index contributed by atoms with van der Waals surface area (Å²) in [6, 6.07) is 6.58. The summed E-state index contributed by atoms with van der Waals surface area (Å²) in [4.78, 5) is 4.83. The summed E-state index contributed by atoms with van der Waals surface area (Å²) in [5, 5.41) is 0. The van der Waals surface area contributed by atoms with Crippen LogP contribution < -0.4 is 5.73 Å². The topological polar surface area (TPSA) is 43.8 Å². The average Bonchev–Trinajstić information content (AvgIpc) is 2.82. The van der Waals surface area contributed by atoms with Crippen molar-refractivity contribution in [3.05, 3.63) is 29.6 Å². The Morgan fingerprint density at radius 1 is 1.14 bits per heavy atom. The summed E-state index contributed by atoms with van der Waals surface area (Å²) in [5.74, 6) is 1.06. The van der Waals surface area contributed by atoms with Crippen LogP contribution in [0, 0.1) is 6.92 Å². The predicted octanol–water partition coefficient (Wildman–Crippen LogP) is 4.72. The number of hydrogen-bond acceptors (Lipinski definition) is 2. The predicted molar refractivity (Wildman–Crippen MR) is 90.4 cm³/mol. The van der Waals surface area contributed by atoms with E-state index in [-0.39, 0.29) is 6.04 Å². The molecular weight excluding hydrogens is 258 g/mol. The van der Waals surface area contributed by atoms with Gasteiger partial charge in [-0.25, -0.2) is 4.98 Å². The minimum atomic E-state index is 0.0499. The zero-order valence-corrected chi connectivity index (χ0v) is 13.7. The molecule has 0 fully saturated rings. The molecule has 0 aliphatic heterocycles. The monoisotopic (exact) mass is 287 g/mol. The van der Waals surface area contributed by atoms with Gasteiger partial charge in [0.15, 0.2) is 0 Å². The third kappa shape index (κ3) is 3.85. The van der Waals surface area contributed by atoms with Crippen LogP contribution in [-0.4, -0.2) is 9.55 Å². The fourth-order valence-corrected chi connectivity index (χ4v) is 2.91. The fraction of sp³-hybridized carbons (Fsp3) is 0.611. The van der Waals surface area contributed by atoms with Gasteiger partial charge in [-0.3, -0.25) is 0 Å². The normalized spacial score (nSPS) is 13.0. The second-order valence-corrected chi connectivity index (χ2v) is 6.07. The van der Waals surface area contributed by atoms with Crippen LogP contribution in [0.3, 0.4) is 0 Å². The lowest BCUT2D eigenvalue weighted by Crippen LogP contribution is -2.16. The summed E-state index contributed by atoms with van der Waals surface area (Å²) in [7, 11) is 0. The molecule has 0 aliphatic carbocycles. The Balaban J connectivity index is 2.30. The van der Waals surface area contributed by atoms with Crippen molar-refractivity contribution in [2.45, 2.75) is 71.9 Å². The van der Waals surface area contributed by atoms with Crippen LogP contribution in [0.2, 0.25) is 0 Å². The van der Waals surface area contributed by atoms with Gasteiger partial charge in [-0.1, -0.05) is 45.6 Å². The van der Waals surface area contributed by atoms with Crippen LogP contribution in [0.5, 0.6) is 0 Å². The number of fused-ring (bicyclic) bond motifs is 1. The molecule has 1 atom stereocenters. The average molecular weight is 287 g/mol. The van der Waals surface area contributed by atoms with Gasteiger partial charge < -0.3 is 10.3 Å². The highest BCUT2D eigenvalue weighted by Crippen LogP contribution is 2.24. The van der Waals surface area contributed by atoms with Crippen molar-refractivity contribution in [2.75, 3.05) is 0 Å². The summed E-state index contributed by atoms with van der Waals surface area (Å²) < 4.78 is 2.35. The van der Waals surface area contributed by atoms with Crippen molar-refractivity contribution in [1.29, 1.82) is 0 Å². The second-order valence-electron chi connectivity index (χ2n) is 6.07. The molecule has 21 heavy (non-hydrogen) atoms. The Morgan fingerprint density at radius 3 is 2.67 bits per heavy atom. The van der Waals surface area contributed by atoms with E-state index in [2.05, 4.69) is 43.5 Å². The van der Waals surface area contributed by atoms with Crippen LogP contribution in [-0.2, 0) is 6.54 Å². The molecule has 116 valence electrons. The number of nitrogens with zero attached hydrogens (tertiary/aromatic N) is 2. The van der Waals surface area contributed by atoms with E-state index in [1.165, 1.54) is 36.8 Å². The first-order chi connectivity index (χ1) is 10.2. The standard InChI is InChI=1S/C18H29N3/c1-4-6-7-8-12-21-17-11-10-14(3)13-16(17)20-18(21)15(19)9-5-2/h10-11,13,15H,4-9,12,19H2,1-3H3. The van der Waals surface area contributed by atoms with Gasteiger partial charge >= 0.3 is 0 Å². The first-order valence-electron chi connectivity index (χ1n) is 8.39. The number of unbranched alkanes of at least 4 members (excludes halogenated alkanes) is 3.